The third-order valence-corrected chi connectivity index (χ3v) is 8.54. The number of pyridine rings is 1. The normalized spacial score (nSPS) is 15.3. The largest absolute Gasteiger partial charge is 0.455 e. The van der Waals surface area contributed by atoms with Crippen LogP contribution in [0.3, 0.4) is 0 Å². The van der Waals surface area contributed by atoms with Crippen LogP contribution in [-0.4, -0.2) is 0 Å². The summed E-state index contributed by atoms with van der Waals surface area (Å²) in [5, 5.41) is 7.79. The number of benzene rings is 4. The van der Waals surface area contributed by atoms with E-state index in [1.165, 1.54) is 85.9 Å². The van der Waals surface area contributed by atoms with E-state index in [0.29, 0.717) is 11.8 Å². The molecular formula is C33H32NO+. The highest BCUT2D eigenvalue weighted by Gasteiger charge is 2.34. The molecule has 0 radical (unpaired) electrons. The monoisotopic (exact) mass is 458 g/mol. The second kappa shape index (κ2) is 7.55. The van der Waals surface area contributed by atoms with Crippen molar-refractivity contribution < 1.29 is 9.30 Å². The van der Waals surface area contributed by atoms with Crippen LogP contribution in [0.5, 0.6) is 11.5 Å². The van der Waals surface area contributed by atoms with Gasteiger partial charge in [-0.15, -0.1) is 0 Å². The fourth-order valence-electron chi connectivity index (χ4n) is 6.84. The Kier molecular flexibility index (Phi) is 4.52. The maximum absolute atomic E-state index is 6.91. The maximum Gasteiger partial charge on any atom is 0.228 e. The molecule has 1 saturated carbocycles. The standard InChI is InChI=1S/C33H32NO/c1-19(2)29-25-12-8-7-11-24(25)20(3)30-32-31-26(15-16-34(32)4)27-17-22(21-9-5-6-10-21)13-14-23(27)18-28(31)35-33(29)30/h7-8,11-19,21H,5-6,9-10H2,1-4H3/q+1. The van der Waals surface area contributed by atoms with Gasteiger partial charge in [-0.3, -0.25) is 0 Å². The number of ether oxygens (including phenoxy) is 1. The molecule has 2 heteroatoms. The van der Waals surface area contributed by atoms with E-state index in [9.17, 15) is 0 Å². The molecule has 0 atom stereocenters. The average molecular weight is 459 g/mol. The van der Waals surface area contributed by atoms with Gasteiger partial charge in [-0.05, 0) is 70.3 Å². The van der Waals surface area contributed by atoms with Gasteiger partial charge in [-0.1, -0.05) is 69.2 Å². The summed E-state index contributed by atoms with van der Waals surface area (Å²) < 4.78 is 9.21. The average Bonchev–Trinajstić information content (AvgIpc) is 3.40. The smallest absolute Gasteiger partial charge is 0.228 e. The second-order valence-electron chi connectivity index (χ2n) is 10.9. The summed E-state index contributed by atoms with van der Waals surface area (Å²) >= 11 is 0. The summed E-state index contributed by atoms with van der Waals surface area (Å²) in [6, 6.07) is 20.5. The molecule has 35 heavy (non-hydrogen) atoms. The van der Waals surface area contributed by atoms with Crippen molar-refractivity contribution in [3.05, 3.63) is 77.5 Å². The minimum atomic E-state index is 0.356. The SMILES string of the molecule is Cc1c2c(c(C(C)C)c3ccccc13)Oc1cc3ccc(C4CCCC4)cc3c3cc[n+](C)c-2c13. The highest BCUT2D eigenvalue weighted by Crippen LogP contribution is 2.53. The highest BCUT2D eigenvalue weighted by atomic mass is 16.5. The number of hydrogen-bond acceptors (Lipinski definition) is 1. The molecule has 2 nitrogen and oxygen atoms in total. The first-order valence-corrected chi connectivity index (χ1v) is 13.2. The quantitative estimate of drug-likeness (QED) is 0.187. The van der Waals surface area contributed by atoms with E-state index in [-0.39, 0.29) is 0 Å². The third-order valence-electron chi connectivity index (χ3n) is 8.54. The van der Waals surface area contributed by atoms with Gasteiger partial charge in [0.15, 0.2) is 6.20 Å². The van der Waals surface area contributed by atoms with Gasteiger partial charge in [0.1, 0.15) is 18.5 Å². The molecule has 0 spiro atoms. The molecule has 1 aliphatic heterocycles. The molecule has 0 unspecified atom stereocenters. The Morgan fingerprint density at radius 1 is 0.886 bits per heavy atom. The first kappa shape index (κ1) is 20.9. The molecule has 4 aromatic carbocycles. The Morgan fingerprint density at radius 2 is 1.66 bits per heavy atom. The second-order valence-corrected chi connectivity index (χ2v) is 10.9. The fraction of sp³-hybridized carbons (Fsp3) is 0.303. The van der Waals surface area contributed by atoms with Gasteiger partial charge in [0.2, 0.25) is 5.69 Å². The summed E-state index contributed by atoms with van der Waals surface area (Å²) in [6.45, 7) is 6.82. The number of aromatic nitrogens is 1. The summed E-state index contributed by atoms with van der Waals surface area (Å²) in [7, 11) is 2.18. The molecule has 0 bridgehead atoms. The Labute approximate surface area is 207 Å². The Bertz CT molecular complexity index is 1670. The highest BCUT2D eigenvalue weighted by molar-refractivity contribution is 6.16. The van der Waals surface area contributed by atoms with Gasteiger partial charge in [0.25, 0.3) is 0 Å². The number of rotatable bonds is 2. The van der Waals surface area contributed by atoms with Gasteiger partial charge < -0.3 is 4.74 Å². The van der Waals surface area contributed by atoms with Crippen LogP contribution in [0, 0.1) is 6.92 Å². The van der Waals surface area contributed by atoms with Crippen LogP contribution < -0.4 is 9.30 Å². The predicted octanol–water partition coefficient (Wildman–Crippen LogP) is 8.83. The van der Waals surface area contributed by atoms with Crippen molar-refractivity contribution in [2.75, 3.05) is 0 Å². The summed E-state index contributed by atoms with van der Waals surface area (Å²) in [6.07, 6.45) is 7.60. The number of hydrogen-bond donors (Lipinski definition) is 0. The maximum atomic E-state index is 6.91. The van der Waals surface area contributed by atoms with E-state index < -0.39 is 0 Å². The number of fused-ring (bicyclic) bond motifs is 5. The number of nitrogens with zero attached hydrogens (tertiary/aromatic N) is 1. The molecule has 1 aliphatic carbocycles. The van der Waals surface area contributed by atoms with Crippen molar-refractivity contribution in [3.8, 4) is 22.8 Å². The lowest BCUT2D eigenvalue weighted by molar-refractivity contribution is -0.659. The van der Waals surface area contributed by atoms with Crippen molar-refractivity contribution >= 4 is 32.3 Å². The van der Waals surface area contributed by atoms with Crippen LogP contribution in [0.1, 0.15) is 68.1 Å². The van der Waals surface area contributed by atoms with Crippen molar-refractivity contribution in [1.29, 1.82) is 0 Å². The van der Waals surface area contributed by atoms with E-state index in [1.54, 1.807) is 0 Å². The van der Waals surface area contributed by atoms with Crippen molar-refractivity contribution in [2.45, 2.75) is 58.3 Å². The molecule has 7 rings (SSSR count). The molecule has 2 aliphatic rings. The predicted molar refractivity (Wildman–Crippen MR) is 146 cm³/mol. The Balaban J connectivity index is 1.61. The van der Waals surface area contributed by atoms with Crippen LogP contribution >= 0.6 is 0 Å². The molecule has 1 fully saturated rings. The Morgan fingerprint density at radius 3 is 2.43 bits per heavy atom. The molecule has 0 amide bonds. The molecule has 1 aromatic heterocycles. The van der Waals surface area contributed by atoms with Crippen LogP contribution in [0.15, 0.2) is 60.8 Å². The van der Waals surface area contributed by atoms with Gasteiger partial charge in [-0.25, -0.2) is 4.57 Å². The van der Waals surface area contributed by atoms with Crippen LogP contribution in [0.25, 0.3) is 43.6 Å². The van der Waals surface area contributed by atoms with E-state index in [1.807, 2.05) is 0 Å². The van der Waals surface area contributed by atoms with Gasteiger partial charge >= 0.3 is 0 Å². The van der Waals surface area contributed by atoms with E-state index >= 15 is 0 Å². The van der Waals surface area contributed by atoms with Gasteiger partial charge in [0.05, 0.1) is 10.9 Å². The molecule has 0 saturated heterocycles. The van der Waals surface area contributed by atoms with Gasteiger partial charge in [-0.2, -0.15) is 0 Å². The fourth-order valence-corrected chi connectivity index (χ4v) is 6.84. The van der Waals surface area contributed by atoms with Crippen LogP contribution in [0.4, 0.5) is 0 Å². The van der Waals surface area contributed by atoms with E-state index in [0.717, 1.165) is 11.5 Å². The Hall–Kier alpha value is -3.39. The lowest BCUT2D eigenvalue weighted by Crippen LogP contribution is -2.32. The van der Waals surface area contributed by atoms with Crippen LogP contribution in [0.2, 0.25) is 0 Å². The zero-order valence-electron chi connectivity index (χ0n) is 21.1. The first-order chi connectivity index (χ1) is 17.0. The first-order valence-electron chi connectivity index (χ1n) is 13.2. The molecular weight excluding hydrogens is 426 g/mol. The minimum absolute atomic E-state index is 0.356. The van der Waals surface area contributed by atoms with Crippen molar-refractivity contribution in [1.82, 2.24) is 0 Å². The van der Waals surface area contributed by atoms with Crippen LogP contribution in [-0.2, 0) is 7.05 Å². The molecule has 174 valence electrons. The van der Waals surface area contributed by atoms with E-state index in [4.69, 9.17) is 4.74 Å². The third kappa shape index (κ3) is 2.92. The van der Waals surface area contributed by atoms with Crippen molar-refractivity contribution in [3.63, 3.8) is 0 Å². The van der Waals surface area contributed by atoms with Crippen molar-refractivity contribution in [2.24, 2.45) is 7.05 Å². The lowest BCUT2D eigenvalue weighted by Gasteiger charge is -2.27. The summed E-state index contributed by atoms with van der Waals surface area (Å²) in [5.41, 5.74) is 6.63. The topological polar surface area (TPSA) is 13.1 Å². The minimum Gasteiger partial charge on any atom is -0.455 e. The summed E-state index contributed by atoms with van der Waals surface area (Å²) in [4.78, 5) is 0. The molecule has 5 aromatic rings. The zero-order valence-corrected chi connectivity index (χ0v) is 21.1. The summed E-state index contributed by atoms with van der Waals surface area (Å²) in [5.74, 6) is 3.08. The zero-order chi connectivity index (χ0) is 23.8. The molecule has 2 heterocycles. The lowest BCUT2D eigenvalue weighted by atomic mass is 9.84. The van der Waals surface area contributed by atoms with Gasteiger partial charge in [0, 0.05) is 17.0 Å². The number of aryl methyl sites for hydroxylation is 2. The van der Waals surface area contributed by atoms with E-state index in [2.05, 4.69) is 93.2 Å². The molecule has 0 N–H and O–H groups in total.